The van der Waals surface area contributed by atoms with E-state index in [4.69, 9.17) is 16.3 Å². The van der Waals surface area contributed by atoms with Crippen LogP contribution < -0.4 is 0 Å². The zero-order valence-electron chi connectivity index (χ0n) is 9.54. The van der Waals surface area contributed by atoms with Gasteiger partial charge >= 0.3 is 0 Å². The van der Waals surface area contributed by atoms with Crippen LogP contribution >= 0.6 is 43.5 Å². The van der Waals surface area contributed by atoms with Gasteiger partial charge in [0.05, 0.1) is 23.3 Å². The smallest absolute Gasteiger partial charge is 0.255 e. The van der Waals surface area contributed by atoms with E-state index in [-0.39, 0.29) is 12.0 Å². The lowest BCUT2D eigenvalue weighted by molar-refractivity contribution is -0.00964. The third-order valence-electron chi connectivity index (χ3n) is 2.78. The Bertz CT molecular complexity index is 456. The quantitative estimate of drug-likeness (QED) is 0.717. The van der Waals surface area contributed by atoms with Crippen LogP contribution in [0.1, 0.15) is 10.4 Å². The molecule has 0 spiro atoms. The fraction of sp³-hybridized carbons (Fsp3) is 0.417. The summed E-state index contributed by atoms with van der Waals surface area (Å²) < 4.78 is 6.25. The largest absolute Gasteiger partial charge is 0.374 e. The Labute approximate surface area is 128 Å². The van der Waals surface area contributed by atoms with Crippen molar-refractivity contribution >= 4 is 49.4 Å². The normalized spacial score (nSPS) is 19.9. The molecule has 0 aliphatic carbocycles. The van der Waals surface area contributed by atoms with E-state index in [0.29, 0.717) is 30.3 Å². The number of rotatable bonds is 2. The standard InChI is InChI=1S/C12H12Br2ClNO2/c13-6-8-7-16(4-5-18-8)12(17)9-2-1-3-10(14)11(9)15/h1-3,8H,4-7H2. The molecule has 6 heteroatoms. The summed E-state index contributed by atoms with van der Waals surface area (Å²) in [7, 11) is 0. The molecule has 1 fully saturated rings. The van der Waals surface area contributed by atoms with Crippen LogP contribution in [-0.4, -0.2) is 41.9 Å². The number of hydrogen-bond donors (Lipinski definition) is 0. The van der Waals surface area contributed by atoms with Gasteiger partial charge in [-0.05, 0) is 28.1 Å². The maximum absolute atomic E-state index is 12.4. The first-order valence-electron chi connectivity index (χ1n) is 5.54. The molecule has 1 saturated heterocycles. The summed E-state index contributed by atoms with van der Waals surface area (Å²) in [6.45, 7) is 1.76. The molecular formula is C12H12Br2ClNO2. The van der Waals surface area contributed by atoms with Crippen molar-refractivity contribution < 1.29 is 9.53 Å². The summed E-state index contributed by atoms with van der Waals surface area (Å²) >= 11 is 12.8. The number of amides is 1. The SMILES string of the molecule is O=C(c1cccc(Br)c1Cl)N1CCOC(CBr)C1. The topological polar surface area (TPSA) is 29.5 Å². The molecule has 1 atom stereocenters. The lowest BCUT2D eigenvalue weighted by Crippen LogP contribution is -2.46. The van der Waals surface area contributed by atoms with Crippen LogP contribution in [0, 0.1) is 0 Å². The molecule has 1 aromatic rings. The van der Waals surface area contributed by atoms with Gasteiger partial charge in [-0.15, -0.1) is 0 Å². The summed E-state index contributed by atoms with van der Waals surface area (Å²) in [6.07, 6.45) is 0.0497. The molecule has 2 rings (SSSR count). The van der Waals surface area contributed by atoms with Gasteiger partial charge in [0.15, 0.2) is 0 Å². The van der Waals surface area contributed by atoms with E-state index in [1.807, 2.05) is 12.1 Å². The Kier molecular flexibility index (Phi) is 5.06. The van der Waals surface area contributed by atoms with Crippen LogP contribution in [0.2, 0.25) is 5.02 Å². The average Bonchev–Trinajstić information content (AvgIpc) is 2.41. The second-order valence-electron chi connectivity index (χ2n) is 4.00. The van der Waals surface area contributed by atoms with E-state index in [1.165, 1.54) is 0 Å². The summed E-state index contributed by atoms with van der Waals surface area (Å²) in [5.74, 6) is -0.0458. The van der Waals surface area contributed by atoms with Gasteiger partial charge in [0.2, 0.25) is 0 Å². The van der Waals surface area contributed by atoms with Crippen molar-refractivity contribution in [3.05, 3.63) is 33.3 Å². The summed E-state index contributed by atoms with van der Waals surface area (Å²) in [4.78, 5) is 14.2. The number of nitrogens with zero attached hydrogens (tertiary/aromatic N) is 1. The van der Waals surface area contributed by atoms with Crippen molar-refractivity contribution in [2.45, 2.75) is 6.10 Å². The van der Waals surface area contributed by atoms with Crippen molar-refractivity contribution in [2.24, 2.45) is 0 Å². The lowest BCUT2D eigenvalue weighted by Gasteiger charge is -2.32. The van der Waals surface area contributed by atoms with Gasteiger partial charge in [-0.25, -0.2) is 0 Å². The van der Waals surface area contributed by atoms with Gasteiger partial charge < -0.3 is 9.64 Å². The third kappa shape index (κ3) is 3.07. The van der Waals surface area contributed by atoms with Crippen molar-refractivity contribution in [2.75, 3.05) is 25.0 Å². The second kappa shape index (κ2) is 6.37. The molecule has 18 heavy (non-hydrogen) atoms. The molecule has 0 aromatic heterocycles. The molecule has 0 N–H and O–H groups in total. The Morgan fingerprint density at radius 1 is 1.56 bits per heavy atom. The van der Waals surface area contributed by atoms with Gasteiger partial charge in [0.25, 0.3) is 5.91 Å². The number of hydrogen-bond acceptors (Lipinski definition) is 2. The maximum Gasteiger partial charge on any atom is 0.255 e. The van der Waals surface area contributed by atoms with E-state index in [0.717, 1.165) is 9.80 Å². The molecule has 3 nitrogen and oxygen atoms in total. The van der Waals surface area contributed by atoms with Crippen molar-refractivity contribution in [3.8, 4) is 0 Å². The first-order chi connectivity index (χ1) is 8.63. The number of alkyl halides is 1. The number of benzene rings is 1. The predicted molar refractivity (Wildman–Crippen MR) is 78.6 cm³/mol. The summed E-state index contributed by atoms with van der Waals surface area (Å²) in [5, 5.41) is 1.19. The van der Waals surface area contributed by atoms with Crippen LogP contribution in [0.5, 0.6) is 0 Å². The van der Waals surface area contributed by atoms with E-state index < -0.39 is 0 Å². The highest BCUT2D eigenvalue weighted by atomic mass is 79.9. The van der Waals surface area contributed by atoms with Crippen LogP contribution in [-0.2, 0) is 4.74 Å². The van der Waals surface area contributed by atoms with Crippen molar-refractivity contribution in [3.63, 3.8) is 0 Å². The highest BCUT2D eigenvalue weighted by Crippen LogP contribution is 2.27. The molecule has 0 bridgehead atoms. The Morgan fingerprint density at radius 3 is 3.06 bits per heavy atom. The number of carbonyl (C=O) groups is 1. The molecule has 1 unspecified atom stereocenters. The van der Waals surface area contributed by atoms with Gasteiger partial charge in [-0.2, -0.15) is 0 Å². The maximum atomic E-state index is 12.4. The zero-order chi connectivity index (χ0) is 13.1. The average molecular weight is 397 g/mol. The Balaban J connectivity index is 2.18. The first-order valence-corrected chi connectivity index (χ1v) is 7.83. The van der Waals surface area contributed by atoms with Crippen LogP contribution in [0.3, 0.4) is 0 Å². The summed E-state index contributed by atoms with van der Waals surface area (Å²) in [5.41, 5.74) is 0.529. The van der Waals surface area contributed by atoms with E-state index in [9.17, 15) is 4.79 Å². The molecule has 1 aromatic carbocycles. The van der Waals surface area contributed by atoms with Gasteiger partial charge in [0, 0.05) is 22.9 Å². The fourth-order valence-electron chi connectivity index (χ4n) is 1.84. The van der Waals surface area contributed by atoms with Gasteiger partial charge in [-0.1, -0.05) is 33.6 Å². The second-order valence-corrected chi connectivity index (χ2v) is 5.88. The van der Waals surface area contributed by atoms with Gasteiger partial charge in [0.1, 0.15) is 0 Å². The summed E-state index contributed by atoms with van der Waals surface area (Å²) in [6, 6.07) is 5.37. The fourth-order valence-corrected chi connectivity index (χ4v) is 2.80. The Morgan fingerprint density at radius 2 is 2.33 bits per heavy atom. The number of halogens is 3. The molecule has 0 radical (unpaired) electrons. The van der Waals surface area contributed by atoms with Crippen molar-refractivity contribution in [1.82, 2.24) is 4.90 Å². The molecule has 0 saturated carbocycles. The molecule has 1 amide bonds. The predicted octanol–water partition coefficient (Wildman–Crippen LogP) is 3.34. The molecule has 98 valence electrons. The monoisotopic (exact) mass is 395 g/mol. The van der Waals surface area contributed by atoms with Crippen LogP contribution in [0.15, 0.2) is 22.7 Å². The Hall–Kier alpha value is -0.100. The molecule has 1 aliphatic rings. The molecule has 1 aliphatic heterocycles. The van der Waals surface area contributed by atoms with E-state index >= 15 is 0 Å². The van der Waals surface area contributed by atoms with Crippen LogP contribution in [0.25, 0.3) is 0 Å². The lowest BCUT2D eigenvalue weighted by atomic mass is 10.1. The minimum Gasteiger partial charge on any atom is -0.374 e. The van der Waals surface area contributed by atoms with Crippen molar-refractivity contribution in [1.29, 1.82) is 0 Å². The zero-order valence-corrected chi connectivity index (χ0v) is 13.5. The van der Waals surface area contributed by atoms with Gasteiger partial charge in [-0.3, -0.25) is 4.79 Å². The number of carbonyl (C=O) groups excluding carboxylic acids is 1. The molecule has 1 heterocycles. The van der Waals surface area contributed by atoms with E-state index in [1.54, 1.807) is 11.0 Å². The number of ether oxygens (including phenoxy) is 1. The number of morpholine rings is 1. The first kappa shape index (κ1) is 14.3. The van der Waals surface area contributed by atoms with Crippen LogP contribution in [0.4, 0.5) is 0 Å². The third-order valence-corrected chi connectivity index (χ3v) is 4.80. The highest BCUT2D eigenvalue weighted by Gasteiger charge is 2.25. The molecular weight excluding hydrogens is 385 g/mol. The highest BCUT2D eigenvalue weighted by molar-refractivity contribution is 9.10. The minimum absolute atomic E-state index is 0.0458. The minimum atomic E-state index is -0.0458. The van der Waals surface area contributed by atoms with E-state index in [2.05, 4.69) is 31.9 Å².